The van der Waals surface area contributed by atoms with Gasteiger partial charge in [-0.25, -0.2) is 4.39 Å². The molecular formula is C24H18FN5O2. The largest absolute Gasteiger partial charge is 0.453 e. The van der Waals surface area contributed by atoms with Crippen molar-refractivity contribution < 1.29 is 13.6 Å². The number of amides is 1. The molecule has 0 aliphatic carbocycles. The first-order chi connectivity index (χ1) is 15.6. The number of pyridine rings is 2. The number of fused-ring (bicyclic) bond motifs is 1. The molecular weight excluding hydrogens is 409 g/mol. The Morgan fingerprint density at radius 3 is 2.69 bits per heavy atom. The van der Waals surface area contributed by atoms with Crippen LogP contribution in [-0.2, 0) is 0 Å². The van der Waals surface area contributed by atoms with Crippen LogP contribution in [0.1, 0.15) is 15.9 Å². The number of furan rings is 1. The first-order valence-electron chi connectivity index (χ1n) is 10.2. The number of anilines is 1. The molecule has 32 heavy (non-hydrogen) atoms. The van der Waals surface area contributed by atoms with Crippen molar-refractivity contribution in [3.63, 3.8) is 0 Å². The topological polar surface area (TPSA) is 86.3 Å². The summed E-state index contributed by atoms with van der Waals surface area (Å²) in [6.45, 7) is 2.01. The summed E-state index contributed by atoms with van der Waals surface area (Å²) in [4.78, 5) is 25.4. The zero-order chi connectivity index (χ0) is 22.1. The minimum atomic E-state index is -0.445. The van der Waals surface area contributed by atoms with E-state index in [0.717, 1.165) is 5.56 Å². The van der Waals surface area contributed by atoms with Gasteiger partial charge in [0, 0.05) is 62.1 Å². The Labute approximate surface area is 183 Å². The average molecular weight is 427 g/mol. The first-order valence-corrected chi connectivity index (χ1v) is 10.2. The van der Waals surface area contributed by atoms with E-state index in [4.69, 9.17) is 9.68 Å². The molecule has 1 fully saturated rings. The smallest absolute Gasteiger partial charge is 0.257 e. The number of carbonyl (C=O) groups excluding carboxylic acids is 1. The Kier molecular flexibility index (Phi) is 5.00. The van der Waals surface area contributed by atoms with E-state index in [0.29, 0.717) is 54.3 Å². The molecule has 8 heteroatoms. The van der Waals surface area contributed by atoms with E-state index in [1.165, 1.54) is 12.1 Å². The highest BCUT2D eigenvalue weighted by molar-refractivity contribution is 6.04. The molecule has 0 N–H and O–H groups in total. The Morgan fingerprint density at radius 1 is 1.09 bits per heavy atom. The molecule has 0 radical (unpaired) electrons. The fourth-order valence-electron chi connectivity index (χ4n) is 3.92. The molecule has 1 saturated heterocycles. The summed E-state index contributed by atoms with van der Waals surface area (Å²) in [6.07, 6.45) is 4.98. The molecule has 5 rings (SSSR count). The van der Waals surface area contributed by atoms with Crippen LogP contribution in [-0.4, -0.2) is 47.0 Å². The van der Waals surface area contributed by atoms with Crippen LogP contribution in [0.5, 0.6) is 0 Å². The molecule has 0 spiro atoms. The Morgan fingerprint density at radius 2 is 1.94 bits per heavy atom. The molecule has 0 unspecified atom stereocenters. The second-order valence-corrected chi connectivity index (χ2v) is 7.51. The maximum absolute atomic E-state index is 13.8. The molecule has 158 valence electrons. The van der Waals surface area contributed by atoms with Crippen molar-refractivity contribution in [1.82, 2.24) is 14.9 Å². The third kappa shape index (κ3) is 3.65. The Balaban J connectivity index is 1.36. The van der Waals surface area contributed by atoms with Crippen molar-refractivity contribution >= 4 is 22.7 Å². The minimum absolute atomic E-state index is 0.138. The van der Waals surface area contributed by atoms with Gasteiger partial charge in [-0.3, -0.25) is 14.8 Å². The number of aromatic nitrogens is 2. The van der Waals surface area contributed by atoms with Gasteiger partial charge in [-0.05, 0) is 36.4 Å². The lowest BCUT2D eigenvalue weighted by molar-refractivity contribution is 0.0747. The van der Waals surface area contributed by atoms with Crippen LogP contribution in [0, 0.1) is 17.1 Å². The highest BCUT2D eigenvalue weighted by Crippen LogP contribution is 2.29. The van der Waals surface area contributed by atoms with E-state index >= 15 is 0 Å². The lowest BCUT2D eigenvalue weighted by Gasteiger charge is -2.36. The molecule has 7 nitrogen and oxygen atoms in total. The molecule has 0 atom stereocenters. The predicted octanol–water partition coefficient (Wildman–Crippen LogP) is 3.86. The fourth-order valence-corrected chi connectivity index (χ4v) is 3.92. The number of benzene rings is 1. The van der Waals surface area contributed by atoms with Gasteiger partial charge in [0.05, 0.1) is 17.2 Å². The third-order valence-corrected chi connectivity index (χ3v) is 5.53. The van der Waals surface area contributed by atoms with Crippen LogP contribution in [0.25, 0.3) is 22.4 Å². The van der Waals surface area contributed by atoms with Gasteiger partial charge in [0.25, 0.3) is 5.91 Å². The number of rotatable bonds is 3. The summed E-state index contributed by atoms with van der Waals surface area (Å²) in [5.74, 6) is 0.0186. The van der Waals surface area contributed by atoms with Crippen LogP contribution < -0.4 is 4.90 Å². The van der Waals surface area contributed by atoms with Gasteiger partial charge in [-0.2, -0.15) is 5.26 Å². The summed E-state index contributed by atoms with van der Waals surface area (Å²) in [5, 5.41) is 9.08. The highest BCUT2D eigenvalue weighted by atomic mass is 19.1. The van der Waals surface area contributed by atoms with Crippen molar-refractivity contribution in [2.45, 2.75) is 0 Å². The first kappa shape index (κ1) is 19.7. The van der Waals surface area contributed by atoms with Crippen LogP contribution in [0.15, 0.2) is 65.5 Å². The zero-order valence-corrected chi connectivity index (χ0v) is 17.0. The van der Waals surface area contributed by atoms with Crippen molar-refractivity contribution in [3.05, 3.63) is 78.0 Å². The maximum Gasteiger partial charge on any atom is 0.257 e. The summed E-state index contributed by atoms with van der Waals surface area (Å²) in [5.41, 5.74) is 3.24. The van der Waals surface area contributed by atoms with Gasteiger partial charge in [0.15, 0.2) is 5.58 Å². The van der Waals surface area contributed by atoms with Crippen LogP contribution >= 0.6 is 0 Å². The van der Waals surface area contributed by atoms with Gasteiger partial charge < -0.3 is 14.2 Å². The third-order valence-electron chi connectivity index (χ3n) is 5.53. The normalized spacial score (nSPS) is 13.9. The molecule has 4 heterocycles. The number of halogens is 1. The zero-order valence-electron chi connectivity index (χ0n) is 17.0. The van der Waals surface area contributed by atoms with Crippen molar-refractivity contribution in [1.29, 1.82) is 5.26 Å². The lowest BCUT2D eigenvalue weighted by atomic mass is 10.1. The Bertz CT molecular complexity index is 1340. The number of hydrogen-bond donors (Lipinski definition) is 0. The van der Waals surface area contributed by atoms with Gasteiger partial charge in [0.2, 0.25) is 0 Å². The van der Waals surface area contributed by atoms with Crippen LogP contribution in [0.4, 0.5) is 10.1 Å². The monoisotopic (exact) mass is 427 g/mol. The SMILES string of the molecule is N#Cc1cc(F)cc(N2CCN(C(=O)c3ccnc4cc(-c5cccnc5)oc34)CC2)c1. The van der Waals surface area contributed by atoms with E-state index in [2.05, 4.69) is 9.97 Å². The number of hydrogen-bond acceptors (Lipinski definition) is 6. The van der Waals surface area contributed by atoms with E-state index in [9.17, 15) is 9.18 Å². The highest BCUT2D eigenvalue weighted by Gasteiger charge is 2.25. The van der Waals surface area contributed by atoms with E-state index in [1.807, 2.05) is 23.1 Å². The summed E-state index contributed by atoms with van der Waals surface area (Å²) in [7, 11) is 0. The molecule has 3 aromatic heterocycles. The molecule has 1 amide bonds. The molecule has 0 saturated carbocycles. The van der Waals surface area contributed by atoms with Crippen molar-refractivity contribution in [3.8, 4) is 17.4 Å². The number of nitriles is 1. The standard InChI is InChI=1S/C24H18FN5O2/c25-18-10-16(14-26)11-19(12-18)29-6-8-30(9-7-29)24(31)20-3-5-28-21-13-22(32-23(20)21)17-2-1-4-27-15-17/h1-5,10-13,15H,6-9H2. The molecule has 0 bridgehead atoms. The van der Waals surface area contributed by atoms with E-state index < -0.39 is 5.82 Å². The van der Waals surface area contributed by atoms with Gasteiger partial charge in [-0.15, -0.1) is 0 Å². The van der Waals surface area contributed by atoms with E-state index in [-0.39, 0.29) is 11.5 Å². The molecule has 1 aromatic carbocycles. The quantitative estimate of drug-likeness (QED) is 0.494. The lowest BCUT2D eigenvalue weighted by Crippen LogP contribution is -2.48. The number of nitrogens with zero attached hydrogens (tertiary/aromatic N) is 5. The van der Waals surface area contributed by atoms with Gasteiger partial charge >= 0.3 is 0 Å². The number of carbonyl (C=O) groups is 1. The van der Waals surface area contributed by atoms with Crippen LogP contribution in [0.3, 0.4) is 0 Å². The summed E-state index contributed by atoms with van der Waals surface area (Å²) in [6, 6.07) is 13.4. The molecule has 1 aliphatic rings. The predicted molar refractivity (Wildman–Crippen MR) is 116 cm³/mol. The summed E-state index contributed by atoms with van der Waals surface area (Å²) >= 11 is 0. The van der Waals surface area contributed by atoms with E-state index in [1.54, 1.807) is 41.7 Å². The fraction of sp³-hybridized carbons (Fsp3) is 0.167. The van der Waals surface area contributed by atoms with Crippen LogP contribution in [0.2, 0.25) is 0 Å². The maximum atomic E-state index is 13.8. The second-order valence-electron chi connectivity index (χ2n) is 7.51. The van der Waals surface area contributed by atoms with Gasteiger partial charge in [-0.1, -0.05) is 0 Å². The average Bonchev–Trinajstić information content (AvgIpc) is 3.28. The van der Waals surface area contributed by atoms with Gasteiger partial charge in [0.1, 0.15) is 17.1 Å². The van der Waals surface area contributed by atoms with Crippen molar-refractivity contribution in [2.75, 3.05) is 31.1 Å². The van der Waals surface area contributed by atoms with Crippen molar-refractivity contribution in [2.24, 2.45) is 0 Å². The Hall–Kier alpha value is -4.25. The number of piperazine rings is 1. The molecule has 1 aliphatic heterocycles. The minimum Gasteiger partial charge on any atom is -0.453 e. The molecule has 4 aromatic rings. The second kappa shape index (κ2) is 8.12. The summed E-state index contributed by atoms with van der Waals surface area (Å²) < 4.78 is 19.8.